The Bertz CT molecular complexity index is 511. The molecule has 0 saturated heterocycles. The number of benzene rings is 1. The Labute approximate surface area is 133 Å². The lowest BCUT2D eigenvalue weighted by atomic mass is 9.85. The summed E-state index contributed by atoms with van der Waals surface area (Å²) in [4.78, 5) is 4.85. The number of hydrogen-bond donors (Lipinski definition) is 1. The first-order valence-electron chi connectivity index (χ1n) is 6.71. The van der Waals surface area contributed by atoms with E-state index in [-0.39, 0.29) is 5.41 Å². The van der Waals surface area contributed by atoms with Gasteiger partial charge in [-0.05, 0) is 30.0 Å². The normalized spacial score (nSPS) is 19.4. The molecule has 1 aromatic carbocycles. The third-order valence-electron chi connectivity index (χ3n) is 3.31. The quantitative estimate of drug-likeness (QED) is 0.827. The number of thioether (sulfide) groups is 1. The van der Waals surface area contributed by atoms with E-state index in [0.29, 0.717) is 6.04 Å². The molecule has 1 aliphatic rings. The number of rotatable bonds is 2. The number of hydrogen-bond acceptors (Lipinski definition) is 4. The van der Waals surface area contributed by atoms with Crippen molar-refractivity contribution in [1.82, 2.24) is 0 Å². The Kier molecular flexibility index (Phi) is 5.02. The summed E-state index contributed by atoms with van der Waals surface area (Å²) < 4.78 is 6.41. The molecule has 1 heterocycles. The van der Waals surface area contributed by atoms with E-state index in [1.807, 2.05) is 18.2 Å². The molecular formula is C15H21BrN2OS. The van der Waals surface area contributed by atoms with Crippen molar-refractivity contribution in [3.63, 3.8) is 0 Å². The molecule has 1 unspecified atom stereocenters. The first kappa shape index (κ1) is 15.7. The van der Waals surface area contributed by atoms with E-state index in [2.05, 4.69) is 42.0 Å². The van der Waals surface area contributed by atoms with Crippen LogP contribution in [0.3, 0.4) is 0 Å². The number of anilines is 1. The summed E-state index contributed by atoms with van der Waals surface area (Å²) in [6, 6.07) is 6.30. The Hall–Kier alpha value is -0.680. The molecule has 0 saturated carbocycles. The van der Waals surface area contributed by atoms with Crippen molar-refractivity contribution in [3.8, 4) is 5.75 Å². The van der Waals surface area contributed by atoms with Crippen molar-refractivity contribution in [1.29, 1.82) is 0 Å². The first-order valence-corrected chi connectivity index (χ1v) is 8.49. The predicted octanol–water partition coefficient (Wildman–Crippen LogP) is 4.78. The van der Waals surface area contributed by atoms with E-state index in [4.69, 9.17) is 9.73 Å². The highest BCUT2D eigenvalue weighted by molar-refractivity contribution is 9.10. The first-order chi connectivity index (χ1) is 9.40. The molecule has 1 N–H and O–H groups in total. The van der Waals surface area contributed by atoms with Crippen LogP contribution in [0.15, 0.2) is 27.7 Å². The molecule has 0 aliphatic carbocycles. The molecule has 1 atom stereocenters. The standard InChI is InChI=1S/C15H21BrN2OS/c1-15(2,3)13-7-8-20-14(18-13)17-11-9-10(16)5-6-12(11)19-4/h5-6,9,13H,7-8H2,1-4H3,(H,17,18). The molecule has 1 aliphatic heterocycles. The van der Waals surface area contributed by atoms with Gasteiger partial charge in [0.1, 0.15) is 5.75 Å². The zero-order valence-electron chi connectivity index (χ0n) is 12.4. The fraction of sp³-hybridized carbons (Fsp3) is 0.533. The van der Waals surface area contributed by atoms with E-state index in [9.17, 15) is 0 Å². The fourth-order valence-corrected chi connectivity index (χ4v) is 3.38. The molecule has 0 aromatic heterocycles. The van der Waals surface area contributed by atoms with Crippen molar-refractivity contribution in [3.05, 3.63) is 22.7 Å². The van der Waals surface area contributed by atoms with Crippen LogP contribution in [0, 0.1) is 5.41 Å². The van der Waals surface area contributed by atoms with Gasteiger partial charge in [-0.1, -0.05) is 48.5 Å². The van der Waals surface area contributed by atoms with Crippen LogP contribution in [-0.2, 0) is 0 Å². The molecule has 0 amide bonds. The molecule has 110 valence electrons. The van der Waals surface area contributed by atoms with Gasteiger partial charge in [0.25, 0.3) is 0 Å². The summed E-state index contributed by atoms with van der Waals surface area (Å²) in [6.07, 6.45) is 1.13. The topological polar surface area (TPSA) is 33.6 Å². The Balaban J connectivity index is 2.21. The minimum absolute atomic E-state index is 0.204. The minimum Gasteiger partial charge on any atom is -0.495 e. The second-order valence-corrected chi connectivity index (χ2v) is 7.92. The van der Waals surface area contributed by atoms with Crippen molar-refractivity contribution in [2.45, 2.75) is 33.2 Å². The van der Waals surface area contributed by atoms with Crippen molar-refractivity contribution in [2.75, 3.05) is 18.2 Å². The van der Waals surface area contributed by atoms with Gasteiger partial charge in [0, 0.05) is 10.2 Å². The van der Waals surface area contributed by atoms with E-state index >= 15 is 0 Å². The number of amidine groups is 1. The molecule has 1 aromatic rings. The van der Waals surface area contributed by atoms with Crippen LogP contribution in [0.1, 0.15) is 27.2 Å². The Morgan fingerprint density at radius 1 is 1.40 bits per heavy atom. The van der Waals surface area contributed by atoms with Crippen LogP contribution in [-0.4, -0.2) is 24.1 Å². The number of methoxy groups -OCH3 is 1. The zero-order valence-corrected chi connectivity index (χ0v) is 14.8. The van der Waals surface area contributed by atoms with Gasteiger partial charge < -0.3 is 10.1 Å². The van der Waals surface area contributed by atoms with Crippen LogP contribution in [0.2, 0.25) is 0 Å². The predicted molar refractivity (Wildman–Crippen MR) is 92.1 cm³/mol. The maximum atomic E-state index is 5.39. The molecule has 0 fully saturated rings. The largest absolute Gasteiger partial charge is 0.495 e. The average Bonchev–Trinajstić information content (AvgIpc) is 2.38. The molecule has 0 radical (unpaired) electrons. The van der Waals surface area contributed by atoms with Crippen molar-refractivity contribution >= 4 is 38.5 Å². The van der Waals surface area contributed by atoms with E-state index in [0.717, 1.165) is 33.3 Å². The average molecular weight is 357 g/mol. The van der Waals surface area contributed by atoms with Crippen LogP contribution in [0.25, 0.3) is 0 Å². The summed E-state index contributed by atoms with van der Waals surface area (Å²) in [7, 11) is 1.68. The summed E-state index contributed by atoms with van der Waals surface area (Å²) in [5, 5.41) is 4.38. The molecule has 2 rings (SSSR count). The van der Waals surface area contributed by atoms with E-state index in [1.54, 1.807) is 18.9 Å². The highest BCUT2D eigenvalue weighted by Gasteiger charge is 2.27. The summed E-state index contributed by atoms with van der Waals surface area (Å²) in [5.74, 6) is 1.93. The van der Waals surface area contributed by atoms with Gasteiger partial charge in [0.15, 0.2) is 5.17 Å². The smallest absolute Gasteiger partial charge is 0.161 e. The molecule has 0 spiro atoms. The molecule has 3 nitrogen and oxygen atoms in total. The maximum absolute atomic E-state index is 5.39. The summed E-state index contributed by atoms with van der Waals surface area (Å²) >= 11 is 5.26. The highest BCUT2D eigenvalue weighted by Crippen LogP contribution is 2.33. The van der Waals surface area contributed by atoms with Gasteiger partial charge in [-0.15, -0.1) is 0 Å². The number of nitrogens with zero attached hydrogens (tertiary/aromatic N) is 1. The molecular weight excluding hydrogens is 336 g/mol. The number of halogens is 1. The van der Waals surface area contributed by atoms with E-state index < -0.39 is 0 Å². The lowest BCUT2D eigenvalue weighted by Crippen LogP contribution is -2.30. The lowest BCUT2D eigenvalue weighted by molar-refractivity contribution is 0.316. The van der Waals surface area contributed by atoms with Gasteiger partial charge in [-0.25, -0.2) is 0 Å². The summed E-state index contributed by atoms with van der Waals surface area (Å²) in [5.41, 5.74) is 1.15. The molecule has 5 heteroatoms. The number of ether oxygens (including phenoxy) is 1. The van der Waals surface area contributed by atoms with Crippen LogP contribution >= 0.6 is 27.7 Å². The summed E-state index contributed by atoms with van der Waals surface area (Å²) in [6.45, 7) is 6.73. The van der Waals surface area contributed by atoms with Gasteiger partial charge in [0.05, 0.1) is 18.8 Å². The van der Waals surface area contributed by atoms with Gasteiger partial charge in [-0.2, -0.15) is 0 Å². The highest BCUT2D eigenvalue weighted by atomic mass is 79.9. The zero-order chi connectivity index (χ0) is 14.8. The van der Waals surface area contributed by atoms with Crippen LogP contribution in [0.5, 0.6) is 5.75 Å². The van der Waals surface area contributed by atoms with Crippen molar-refractivity contribution in [2.24, 2.45) is 10.4 Å². The van der Waals surface area contributed by atoms with Crippen LogP contribution in [0.4, 0.5) is 5.69 Å². The number of aliphatic imine (C=N–C) groups is 1. The maximum Gasteiger partial charge on any atom is 0.161 e. The lowest BCUT2D eigenvalue weighted by Gasteiger charge is -2.31. The SMILES string of the molecule is COc1ccc(Br)cc1NC1=NC(C(C)(C)C)CCS1. The third-order valence-corrected chi connectivity index (χ3v) is 4.72. The van der Waals surface area contributed by atoms with Gasteiger partial charge in [-0.3, -0.25) is 4.99 Å². The second kappa shape index (κ2) is 6.39. The van der Waals surface area contributed by atoms with Gasteiger partial charge in [0.2, 0.25) is 0 Å². The molecule has 0 bridgehead atoms. The molecule has 20 heavy (non-hydrogen) atoms. The minimum atomic E-state index is 0.204. The van der Waals surface area contributed by atoms with E-state index in [1.165, 1.54) is 0 Å². The Morgan fingerprint density at radius 2 is 2.15 bits per heavy atom. The third kappa shape index (κ3) is 3.92. The fourth-order valence-electron chi connectivity index (χ4n) is 2.10. The monoisotopic (exact) mass is 356 g/mol. The Morgan fingerprint density at radius 3 is 2.80 bits per heavy atom. The van der Waals surface area contributed by atoms with Crippen LogP contribution < -0.4 is 10.1 Å². The van der Waals surface area contributed by atoms with Gasteiger partial charge >= 0.3 is 0 Å². The van der Waals surface area contributed by atoms with Crippen molar-refractivity contribution < 1.29 is 4.74 Å². The second-order valence-electron chi connectivity index (χ2n) is 5.92. The number of nitrogens with one attached hydrogen (secondary N) is 1.